The number of carbonyl (C=O) groups is 1. The molecule has 2 aromatic rings. The van der Waals surface area contributed by atoms with Crippen LogP contribution >= 0.6 is 11.8 Å². The average molecular weight is 319 g/mol. The van der Waals surface area contributed by atoms with Gasteiger partial charge in [-0.2, -0.15) is 0 Å². The van der Waals surface area contributed by atoms with E-state index in [0.717, 1.165) is 5.82 Å². The van der Waals surface area contributed by atoms with E-state index >= 15 is 0 Å². The second-order valence-corrected chi connectivity index (χ2v) is 6.63. The van der Waals surface area contributed by atoms with Crippen LogP contribution in [0.5, 0.6) is 0 Å². The zero-order chi connectivity index (χ0) is 15.9. The molecule has 0 saturated carbocycles. The van der Waals surface area contributed by atoms with Gasteiger partial charge in [-0.1, -0.05) is 25.1 Å². The summed E-state index contributed by atoms with van der Waals surface area (Å²) in [7, 11) is 1.85. The van der Waals surface area contributed by atoms with Crippen molar-refractivity contribution in [1.82, 2.24) is 25.4 Å². The number of aryl methyl sites for hydroxylation is 1. The van der Waals surface area contributed by atoms with Gasteiger partial charge >= 0.3 is 6.03 Å². The summed E-state index contributed by atoms with van der Waals surface area (Å²) in [5.74, 6) is 0.724. The molecular weight excluding hydrogens is 298 g/mol. The van der Waals surface area contributed by atoms with Crippen molar-refractivity contribution in [2.45, 2.75) is 30.0 Å². The predicted molar refractivity (Wildman–Crippen MR) is 87.7 cm³/mol. The normalized spacial score (nSPS) is 13.4. The van der Waals surface area contributed by atoms with E-state index < -0.39 is 0 Å². The second-order valence-electron chi connectivity index (χ2n) is 5.12. The zero-order valence-electron chi connectivity index (χ0n) is 13.0. The lowest BCUT2D eigenvalue weighted by Gasteiger charge is -2.16. The summed E-state index contributed by atoms with van der Waals surface area (Å²) in [4.78, 5) is 13.1. The number of nitrogens with one attached hydrogen (secondary N) is 2. The number of nitrogens with zero attached hydrogens (tertiary/aromatic N) is 3. The topological polar surface area (TPSA) is 71.8 Å². The number of thioether (sulfide) groups is 1. The first-order valence-electron chi connectivity index (χ1n) is 7.16. The molecular formula is C15H21N5OS. The smallest absolute Gasteiger partial charge is 0.315 e. The molecule has 0 aliphatic heterocycles. The molecule has 6 nitrogen and oxygen atoms in total. The van der Waals surface area contributed by atoms with Crippen molar-refractivity contribution >= 4 is 17.8 Å². The number of amides is 2. The lowest BCUT2D eigenvalue weighted by Crippen LogP contribution is -2.40. The molecule has 0 bridgehead atoms. The maximum absolute atomic E-state index is 11.9. The maximum Gasteiger partial charge on any atom is 0.315 e. The van der Waals surface area contributed by atoms with E-state index in [4.69, 9.17) is 0 Å². The Labute approximate surface area is 134 Å². The van der Waals surface area contributed by atoms with Crippen LogP contribution in [0.1, 0.15) is 25.7 Å². The molecule has 0 spiro atoms. The summed E-state index contributed by atoms with van der Waals surface area (Å²) in [6.45, 7) is 4.56. The standard InChI is InChI=1S/C15H21N5OS/c1-11(22-13-7-5-4-6-8-13)9-16-15(21)18-12(2)14-19-17-10-20(14)3/h4-8,10-12H,9H2,1-3H3,(H2,16,18,21)/t11-,12-/m0/s1. The second kappa shape index (κ2) is 7.84. The van der Waals surface area contributed by atoms with Gasteiger partial charge in [-0.15, -0.1) is 22.0 Å². The Morgan fingerprint density at radius 3 is 2.68 bits per heavy atom. The van der Waals surface area contributed by atoms with Crippen LogP contribution < -0.4 is 10.6 Å². The molecule has 0 saturated heterocycles. The van der Waals surface area contributed by atoms with Crippen molar-refractivity contribution in [3.63, 3.8) is 0 Å². The first-order valence-corrected chi connectivity index (χ1v) is 8.04. The van der Waals surface area contributed by atoms with Crippen LogP contribution in [0.15, 0.2) is 41.6 Å². The van der Waals surface area contributed by atoms with E-state index in [-0.39, 0.29) is 12.1 Å². The Bertz CT molecular complexity index is 601. The monoisotopic (exact) mass is 319 g/mol. The van der Waals surface area contributed by atoms with Crippen LogP contribution in [0.3, 0.4) is 0 Å². The van der Waals surface area contributed by atoms with Crippen LogP contribution in [0, 0.1) is 0 Å². The van der Waals surface area contributed by atoms with Gasteiger partial charge in [-0.05, 0) is 19.1 Å². The van der Waals surface area contributed by atoms with E-state index in [9.17, 15) is 4.79 Å². The van der Waals surface area contributed by atoms with Crippen molar-refractivity contribution in [1.29, 1.82) is 0 Å². The van der Waals surface area contributed by atoms with Gasteiger partial charge in [0.25, 0.3) is 0 Å². The average Bonchev–Trinajstić information content (AvgIpc) is 2.92. The van der Waals surface area contributed by atoms with E-state index in [2.05, 4.69) is 39.9 Å². The summed E-state index contributed by atoms with van der Waals surface area (Å²) < 4.78 is 1.79. The van der Waals surface area contributed by atoms with Gasteiger partial charge in [0.05, 0.1) is 6.04 Å². The fourth-order valence-corrected chi connectivity index (χ4v) is 2.95. The third kappa shape index (κ3) is 4.77. The number of hydrogen-bond donors (Lipinski definition) is 2. The maximum atomic E-state index is 11.9. The molecule has 2 amide bonds. The van der Waals surface area contributed by atoms with Crippen LogP contribution in [0.2, 0.25) is 0 Å². The predicted octanol–water partition coefficient (Wildman–Crippen LogP) is 2.36. The first kappa shape index (κ1) is 16.4. The molecule has 0 aliphatic rings. The molecule has 2 N–H and O–H groups in total. The molecule has 0 fully saturated rings. The molecule has 2 rings (SSSR count). The Morgan fingerprint density at radius 2 is 2.05 bits per heavy atom. The SMILES string of the molecule is C[C@H](NC(=O)NC[C@H](C)Sc1ccccc1)c1nncn1C. The van der Waals surface area contributed by atoms with Gasteiger partial charge in [0.15, 0.2) is 5.82 Å². The summed E-state index contributed by atoms with van der Waals surface area (Å²) in [6, 6.07) is 9.76. The Balaban J connectivity index is 1.74. The number of hydrogen-bond acceptors (Lipinski definition) is 4. The Morgan fingerprint density at radius 1 is 1.32 bits per heavy atom. The molecule has 0 radical (unpaired) electrons. The highest BCUT2D eigenvalue weighted by atomic mass is 32.2. The quantitative estimate of drug-likeness (QED) is 0.802. The number of aromatic nitrogens is 3. The van der Waals surface area contributed by atoms with Gasteiger partial charge in [-0.3, -0.25) is 0 Å². The summed E-state index contributed by atoms with van der Waals surface area (Å²) in [5, 5.41) is 13.8. The third-order valence-corrected chi connectivity index (χ3v) is 4.23. The Hall–Kier alpha value is -2.02. The van der Waals surface area contributed by atoms with E-state index in [1.807, 2.05) is 32.2 Å². The van der Waals surface area contributed by atoms with Crippen molar-refractivity contribution in [2.24, 2.45) is 7.05 Å². The molecule has 22 heavy (non-hydrogen) atoms. The first-order chi connectivity index (χ1) is 10.6. The largest absolute Gasteiger partial charge is 0.337 e. The fourth-order valence-electron chi connectivity index (χ4n) is 2.01. The Kier molecular flexibility index (Phi) is 5.83. The highest BCUT2D eigenvalue weighted by Crippen LogP contribution is 2.21. The lowest BCUT2D eigenvalue weighted by molar-refractivity contribution is 0.237. The molecule has 118 valence electrons. The number of carbonyl (C=O) groups excluding carboxylic acids is 1. The molecule has 0 aliphatic carbocycles. The molecule has 1 heterocycles. The van der Waals surface area contributed by atoms with Gasteiger partial charge in [0.2, 0.25) is 0 Å². The minimum absolute atomic E-state index is 0.190. The fraction of sp³-hybridized carbons (Fsp3) is 0.400. The zero-order valence-corrected chi connectivity index (χ0v) is 13.8. The highest BCUT2D eigenvalue weighted by molar-refractivity contribution is 8.00. The van der Waals surface area contributed by atoms with Gasteiger partial charge < -0.3 is 15.2 Å². The van der Waals surface area contributed by atoms with Crippen LogP contribution in [-0.4, -0.2) is 32.6 Å². The summed E-state index contributed by atoms with van der Waals surface area (Å²) in [6.07, 6.45) is 1.62. The van der Waals surface area contributed by atoms with Crippen LogP contribution in [-0.2, 0) is 7.05 Å². The molecule has 7 heteroatoms. The molecule has 1 aromatic heterocycles. The third-order valence-electron chi connectivity index (χ3n) is 3.11. The molecule has 2 atom stereocenters. The summed E-state index contributed by atoms with van der Waals surface area (Å²) in [5.41, 5.74) is 0. The summed E-state index contributed by atoms with van der Waals surface area (Å²) >= 11 is 1.74. The van der Waals surface area contributed by atoms with E-state index in [1.54, 1.807) is 22.7 Å². The molecule has 0 unspecified atom stereocenters. The molecule has 1 aromatic carbocycles. The van der Waals surface area contributed by atoms with Crippen molar-refractivity contribution in [3.05, 3.63) is 42.5 Å². The number of rotatable bonds is 6. The van der Waals surface area contributed by atoms with Crippen LogP contribution in [0.25, 0.3) is 0 Å². The highest BCUT2D eigenvalue weighted by Gasteiger charge is 2.14. The van der Waals surface area contributed by atoms with Crippen molar-refractivity contribution < 1.29 is 4.79 Å². The van der Waals surface area contributed by atoms with Crippen LogP contribution in [0.4, 0.5) is 4.79 Å². The minimum Gasteiger partial charge on any atom is -0.337 e. The van der Waals surface area contributed by atoms with E-state index in [1.165, 1.54) is 4.90 Å². The van der Waals surface area contributed by atoms with Gasteiger partial charge in [0.1, 0.15) is 6.33 Å². The van der Waals surface area contributed by atoms with Crippen molar-refractivity contribution in [3.8, 4) is 0 Å². The van der Waals surface area contributed by atoms with Crippen molar-refractivity contribution in [2.75, 3.05) is 6.54 Å². The van der Waals surface area contributed by atoms with E-state index in [0.29, 0.717) is 11.8 Å². The van der Waals surface area contributed by atoms with Gasteiger partial charge in [-0.25, -0.2) is 4.79 Å². The lowest BCUT2D eigenvalue weighted by atomic mass is 10.3. The number of urea groups is 1. The minimum atomic E-state index is -0.198. The number of benzene rings is 1. The van der Waals surface area contributed by atoms with Gasteiger partial charge in [0, 0.05) is 23.7 Å².